The second-order valence-corrected chi connectivity index (χ2v) is 10.2. The molecule has 166 valence electrons. The van der Waals surface area contributed by atoms with E-state index in [4.69, 9.17) is 0 Å². The minimum atomic E-state index is -0.299. The van der Waals surface area contributed by atoms with Crippen LogP contribution >= 0.6 is 0 Å². The van der Waals surface area contributed by atoms with Crippen molar-refractivity contribution in [2.24, 2.45) is 0 Å². The van der Waals surface area contributed by atoms with Gasteiger partial charge in [-0.05, 0) is 73.5 Å². The maximum Gasteiger partial charge on any atom is 0.0726 e. The van der Waals surface area contributed by atoms with Gasteiger partial charge in [0, 0.05) is 21.8 Å². The van der Waals surface area contributed by atoms with Crippen LogP contribution in [-0.4, -0.2) is 4.98 Å². The molecule has 6 aromatic carbocycles. The molecule has 9 rings (SSSR count). The van der Waals surface area contributed by atoms with E-state index in [9.17, 15) is 0 Å². The Hall–Kier alpha value is -4.62. The normalized spacial score (nSPS) is 14.3. The lowest BCUT2D eigenvalue weighted by Gasteiger charge is -2.30. The van der Waals surface area contributed by atoms with Crippen molar-refractivity contribution in [1.82, 2.24) is 4.98 Å². The van der Waals surface area contributed by atoms with Gasteiger partial charge in [0.25, 0.3) is 0 Å². The third-order valence-corrected chi connectivity index (χ3v) is 8.60. The molecule has 0 unspecified atom stereocenters. The highest BCUT2D eigenvalue weighted by molar-refractivity contribution is 6.21. The number of nitrogens with one attached hydrogen (secondary N) is 1. The molecular formula is C35H21N. The molecule has 1 heteroatoms. The monoisotopic (exact) mass is 455 g/mol. The fourth-order valence-electron chi connectivity index (χ4n) is 7.26. The fraction of sp³-hybridized carbons (Fsp3) is 0.0286. The zero-order valence-corrected chi connectivity index (χ0v) is 19.5. The first-order chi connectivity index (χ1) is 17.9. The molecule has 7 aromatic rings. The predicted molar refractivity (Wildman–Crippen MR) is 150 cm³/mol. The minimum Gasteiger partial charge on any atom is -0.354 e. The minimum absolute atomic E-state index is 0.299. The summed E-state index contributed by atoms with van der Waals surface area (Å²) >= 11 is 0. The van der Waals surface area contributed by atoms with Gasteiger partial charge in [0.15, 0.2) is 0 Å². The third kappa shape index (κ3) is 2.01. The lowest BCUT2D eigenvalue weighted by atomic mass is 9.70. The molecule has 0 saturated heterocycles. The number of aromatic amines is 1. The molecule has 0 saturated carbocycles. The topological polar surface area (TPSA) is 15.8 Å². The molecule has 0 amide bonds. The van der Waals surface area contributed by atoms with Crippen molar-refractivity contribution in [3.63, 3.8) is 0 Å². The highest BCUT2D eigenvalue weighted by Gasteiger charge is 2.51. The Morgan fingerprint density at radius 2 is 1.00 bits per heavy atom. The fourth-order valence-corrected chi connectivity index (χ4v) is 7.26. The van der Waals surface area contributed by atoms with Crippen LogP contribution in [0, 0.1) is 0 Å². The molecule has 2 aliphatic rings. The van der Waals surface area contributed by atoms with Crippen LogP contribution < -0.4 is 0 Å². The van der Waals surface area contributed by atoms with Gasteiger partial charge >= 0.3 is 0 Å². The summed E-state index contributed by atoms with van der Waals surface area (Å²) in [5.74, 6) is 0. The smallest absolute Gasteiger partial charge is 0.0726 e. The Morgan fingerprint density at radius 1 is 0.417 bits per heavy atom. The van der Waals surface area contributed by atoms with Gasteiger partial charge in [-0.15, -0.1) is 0 Å². The highest BCUT2D eigenvalue weighted by Crippen LogP contribution is 2.63. The molecule has 1 nitrogen and oxygen atoms in total. The van der Waals surface area contributed by atoms with E-state index >= 15 is 0 Å². The Morgan fingerprint density at radius 3 is 1.69 bits per heavy atom. The van der Waals surface area contributed by atoms with Gasteiger partial charge in [0.1, 0.15) is 0 Å². The van der Waals surface area contributed by atoms with E-state index < -0.39 is 0 Å². The number of hydrogen-bond acceptors (Lipinski definition) is 0. The third-order valence-electron chi connectivity index (χ3n) is 8.60. The van der Waals surface area contributed by atoms with Gasteiger partial charge in [-0.3, -0.25) is 0 Å². The van der Waals surface area contributed by atoms with Gasteiger partial charge in [-0.1, -0.05) is 103 Å². The summed E-state index contributed by atoms with van der Waals surface area (Å²) in [5, 5.41) is 5.20. The first-order valence-electron chi connectivity index (χ1n) is 12.6. The van der Waals surface area contributed by atoms with E-state index in [1.54, 1.807) is 0 Å². The SMILES string of the molecule is c1ccc2c(c1)-c1ccccc1C21c2ccccc2-c2cc3c(cc21)[nH]c1ccc2ccccc2c13. The largest absolute Gasteiger partial charge is 0.354 e. The van der Waals surface area contributed by atoms with Crippen LogP contribution in [0.4, 0.5) is 0 Å². The molecule has 0 radical (unpaired) electrons. The Labute approximate surface area is 208 Å². The van der Waals surface area contributed by atoms with Crippen LogP contribution in [0.5, 0.6) is 0 Å². The maximum absolute atomic E-state index is 3.78. The number of fused-ring (bicyclic) bond motifs is 15. The summed E-state index contributed by atoms with van der Waals surface area (Å²) in [6.07, 6.45) is 0. The zero-order chi connectivity index (χ0) is 23.4. The van der Waals surface area contributed by atoms with Crippen molar-refractivity contribution in [2.45, 2.75) is 5.41 Å². The summed E-state index contributed by atoms with van der Waals surface area (Å²) in [6, 6.07) is 45.1. The number of benzene rings is 6. The van der Waals surface area contributed by atoms with E-state index in [1.165, 1.54) is 77.1 Å². The van der Waals surface area contributed by atoms with Crippen LogP contribution in [0.3, 0.4) is 0 Å². The maximum atomic E-state index is 3.78. The standard InChI is InChI=1S/C35H21N/c1-2-10-22-21(9-1)17-18-32-34(22)27-19-26-25-13-5-8-16-30(25)35(31(26)20-33(27)36-32)28-14-6-3-11-23(28)24-12-4-7-15-29(24)35/h1-20,36H. The van der Waals surface area contributed by atoms with Gasteiger partial charge in [-0.2, -0.15) is 0 Å². The number of aromatic nitrogens is 1. The van der Waals surface area contributed by atoms with Gasteiger partial charge < -0.3 is 4.98 Å². The second-order valence-electron chi connectivity index (χ2n) is 10.2. The molecule has 2 aliphatic carbocycles. The van der Waals surface area contributed by atoms with Gasteiger partial charge in [0.05, 0.1) is 5.41 Å². The first-order valence-corrected chi connectivity index (χ1v) is 12.6. The van der Waals surface area contributed by atoms with Crippen molar-refractivity contribution >= 4 is 32.6 Å². The summed E-state index contributed by atoms with van der Waals surface area (Å²) < 4.78 is 0. The Balaban J connectivity index is 1.49. The van der Waals surface area contributed by atoms with Crippen molar-refractivity contribution in [1.29, 1.82) is 0 Å². The molecular weight excluding hydrogens is 434 g/mol. The zero-order valence-electron chi connectivity index (χ0n) is 19.5. The Bertz CT molecular complexity index is 2010. The van der Waals surface area contributed by atoms with Crippen molar-refractivity contribution in [3.05, 3.63) is 144 Å². The van der Waals surface area contributed by atoms with Crippen LogP contribution in [0.2, 0.25) is 0 Å². The Kier molecular flexibility index (Phi) is 3.28. The van der Waals surface area contributed by atoms with Gasteiger partial charge in [-0.25, -0.2) is 0 Å². The first kappa shape index (κ1) is 18.7. The van der Waals surface area contributed by atoms with E-state index in [2.05, 4.69) is 126 Å². The number of H-pyrrole nitrogens is 1. The van der Waals surface area contributed by atoms with Crippen LogP contribution in [-0.2, 0) is 5.41 Å². The average Bonchev–Trinajstić information content (AvgIpc) is 3.55. The van der Waals surface area contributed by atoms with Crippen LogP contribution in [0.25, 0.3) is 54.8 Å². The van der Waals surface area contributed by atoms with E-state index in [-0.39, 0.29) is 5.41 Å². The highest BCUT2D eigenvalue weighted by atomic mass is 14.7. The molecule has 0 bridgehead atoms. The van der Waals surface area contributed by atoms with Crippen LogP contribution in [0.1, 0.15) is 22.3 Å². The quantitative estimate of drug-likeness (QED) is 0.235. The molecule has 36 heavy (non-hydrogen) atoms. The number of rotatable bonds is 0. The molecule has 1 aromatic heterocycles. The summed E-state index contributed by atoms with van der Waals surface area (Å²) in [5.41, 5.74) is 13.0. The molecule has 0 atom stereocenters. The van der Waals surface area contributed by atoms with Gasteiger partial charge in [0.2, 0.25) is 0 Å². The molecule has 0 fully saturated rings. The summed E-state index contributed by atoms with van der Waals surface area (Å²) in [7, 11) is 0. The second kappa shape index (κ2) is 6.33. The summed E-state index contributed by atoms with van der Waals surface area (Å²) in [6.45, 7) is 0. The van der Waals surface area contributed by atoms with Crippen molar-refractivity contribution in [3.8, 4) is 22.3 Å². The average molecular weight is 456 g/mol. The van der Waals surface area contributed by atoms with E-state index in [0.717, 1.165) is 0 Å². The lowest BCUT2D eigenvalue weighted by Crippen LogP contribution is -2.25. The molecule has 0 aliphatic heterocycles. The van der Waals surface area contributed by atoms with Crippen molar-refractivity contribution < 1.29 is 0 Å². The van der Waals surface area contributed by atoms with Crippen molar-refractivity contribution in [2.75, 3.05) is 0 Å². The predicted octanol–water partition coefficient (Wildman–Crippen LogP) is 8.82. The lowest BCUT2D eigenvalue weighted by molar-refractivity contribution is 0.795. The molecule has 1 spiro atoms. The van der Waals surface area contributed by atoms with E-state index in [1.807, 2.05) is 0 Å². The number of hydrogen-bond donors (Lipinski definition) is 1. The molecule has 1 heterocycles. The summed E-state index contributed by atoms with van der Waals surface area (Å²) in [4.78, 5) is 3.78. The molecule has 1 N–H and O–H groups in total. The van der Waals surface area contributed by atoms with E-state index in [0.29, 0.717) is 0 Å². The van der Waals surface area contributed by atoms with Crippen LogP contribution in [0.15, 0.2) is 121 Å².